The highest BCUT2D eigenvalue weighted by Gasteiger charge is 2.27. The third-order valence-corrected chi connectivity index (χ3v) is 3.82. The third kappa shape index (κ3) is 4.46. The van der Waals surface area contributed by atoms with Crippen molar-refractivity contribution in [2.45, 2.75) is 51.7 Å². The summed E-state index contributed by atoms with van der Waals surface area (Å²) in [7, 11) is 0. The fourth-order valence-electron chi connectivity index (χ4n) is 2.60. The van der Waals surface area contributed by atoms with Gasteiger partial charge in [0.1, 0.15) is 5.75 Å². The predicted octanol–water partition coefficient (Wildman–Crippen LogP) is 2.85. The quantitative estimate of drug-likeness (QED) is 0.931. The molecule has 1 aromatic rings. The molecule has 1 heterocycles. The van der Waals surface area contributed by atoms with Gasteiger partial charge in [-0.05, 0) is 64.3 Å². The molecule has 21 heavy (non-hydrogen) atoms. The van der Waals surface area contributed by atoms with Crippen molar-refractivity contribution in [1.82, 2.24) is 4.90 Å². The van der Waals surface area contributed by atoms with Crippen LogP contribution in [0.3, 0.4) is 0 Å². The van der Waals surface area contributed by atoms with Crippen molar-refractivity contribution in [3.8, 4) is 5.75 Å². The lowest BCUT2D eigenvalue weighted by atomic mass is 9.98. The van der Waals surface area contributed by atoms with Gasteiger partial charge in [0.15, 0.2) is 0 Å². The first-order valence-electron chi connectivity index (χ1n) is 7.66. The van der Waals surface area contributed by atoms with Gasteiger partial charge >= 0.3 is 0 Å². The molecule has 4 heteroatoms. The summed E-state index contributed by atoms with van der Waals surface area (Å²) < 4.78 is 5.58. The highest BCUT2D eigenvalue weighted by molar-refractivity contribution is 5.94. The van der Waals surface area contributed by atoms with Crippen molar-refractivity contribution >= 4 is 5.91 Å². The zero-order valence-electron chi connectivity index (χ0n) is 13.1. The Morgan fingerprint density at radius 2 is 1.90 bits per heavy atom. The minimum absolute atomic E-state index is 0.0313. The molecule has 0 aromatic heterocycles. The number of likely N-dealkylation sites (tertiary alicyclic amines) is 1. The second kappa shape index (κ2) is 6.48. The fraction of sp³-hybridized carbons (Fsp3) is 0.588. The number of hydrogen-bond donors (Lipinski definition) is 1. The third-order valence-electron chi connectivity index (χ3n) is 3.82. The van der Waals surface area contributed by atoms with Crippen molar-refractivity contribution in [3.63, 3.8) is 0 Å². The van der Waals surface area contributed by atoms with E-state index in [1.807, 2.05) is 49.9 Å². The van der Waals surface area contributed by atoms with Crippen LogP contribution in [-0.4, -0.2) is 40.7 Å². The number of hydrogen-bond acceptors (Lipinski definition) is 3. The molecular formula is C17H25NO3. The van der Waals surface area contributed by atoms with Gasteiger partial charge in [0, 0.05) is 18.7 Å². The molecule has 4 nitrogen and oxygen atoms in total. The summed E-state index contributed by atoms with van der Waals surface area (Å²) in [5, 5.41) is 10.1. The SMILES string of the molecule is CC(C)Oc1ccc(C(=O)N2CCCC(C)(O)CC2)cc1. The average molecular weight is 291 g/mol. The number of rotatable bonds is 3. The number of carbonyl (C=O) groups is 1. The van der Waals surface area contributed by atoms with Crippen LogP contribution in [0.2, 0.25) is 0 Å². The van der Waals surface area contributed by atoms with E-state index in [9.17, 15) is 9.90 Å². The van der Waals surface area contributed by atoms with E-state index in [0.717, 1.165) is 18.6 Å². The summed E-state index contributed by atoms with van der Waals surface area (Å²) in [6.45, 7) is 7.11. The lowest BCUT2D eigenvalue weighted by Crippen LogP contribution is -2.33. The summed E-state index contributed by atoms with van der Waals surface area (Å²) in [5.41, 5.74) is 0.0249. The lowest BCUT2D eigenvalue weighted by Gasteiger charge is -2.22. The van der Waals surface area contributed by atoms with Crippen molar-refractivity contribution in [1.29, 1.82) is 0 Å². The number of aliphatic hydroxyl groups is 1. The van der Waals surface area contributed by atoms with Crippen LogP contribution in [0.15, 0.2) is 24.3 Å². The molecular weight excluding hydrogens is 266 g/mol. The molecule has 1 fully saturated rings. The van der Waals surface area contributed by atoms with Crippen LogP contribution in [0.25, 0.3) is 0 Å². The summed E-state index contributed by atoms with van der Waals surface area (Å²) in [5.74, 6) is 0.809. The molecule has 1 unspecified atom stereocenters. The average Bonchev–Trinajstić information content (AvgIpc) is 2.59. The van der Waals surface area contributed by atoms with E-state index in [0.29, 0.717) is 25.1 Å². The maximum absolute atomic E-state index is 12.5. The van der Waals surface area contributed by atoms with Crippen LogP contribution in [0.5, 0.6) is 5.75 Å². The van der Waals surface area contributed by atoms with Gasteiger partial charge in [0.25, 0.3) is 5.91 Å². The fourth-order valence-corrected chi connectivity index (χ4v) is 2.60. The van der Waals surface area contributed by atoms with Gasteiger partial charge in [-0.3, -0.25) is 4.79 Å². The van der Waals surface area contributed by atoms with Gasteiger partial charge < -0.3 is 14.7 Å². The smallest absolute Gasteiger partial charge is 0.253 e. The monoisotopic (exact) mass is 291 g/mol. The van der Waals surface area contributed by atoms with E-state index >= 15 is 0 Å². The molecule has 0 aliphatic carbocycles. The van der Waals surface area contributed by atoms with Crippen LogP contribution < -0.4 is 4.74 Å². The molecule has 1 atom stereocenters. The predicted molar refractivity (Wildman–Crippen MR) is 82.6 cm³/mol. The van der Waals surface area contributed by atoms with Gasteiger partial charge in [-0.1, -0.05) is 0 Å². The van der Waals surface area contributed by atoms with E-state index in [-0.39, 0.29) is 12.0 Å². The molecule has 1 aliphatic rings. The van der Waals surface area contributed by atoms with Crippen LogP contribution in [0, 0.1) is 0 Å². The van der Waals surface area contributed by atoms with E-state index in [1.54, 1.807) is 0 Å². The van der Waals surface area contributed by atoms with Crippen molar-refractivity contribution < 1.29 is 14.6 Å². The van der Waals surface area contributed by atoms with Gasteiger partial charge in [0.05, 0.1) is 11.7 Å². The molecule has 1 N–H and O–H groups in total. The van der Waals surface area contributed by atoms with Crippen LogP contribution in [0.4, 0.5) is 0 Å². The zero-order valence-corrected chi connectivity index (χ0v) is 13.1. The Labute approximate surface area is 126 Å². The Kier molecular flexibility index (Phi) is 4.88. The van der Waals surface area contributed by atoms with E-state index < -0.39 is 5.60 Å². The Morgan fingerprint density at radius 1 is 1.24 bits per heavy atom. The van der Waals surface area contributed by atoms with Crippen molar-refractivity contribution in [2.24, 2.45) is 0 Å². The number of benzene rings is 1. The molecule has 2 rings (SSSR count). The topological polar surface area (TPSA) is 49.8 Å². The highest BCUT2D eigenvalue weighted by atomic mass is 16.5. The van der Waals surface area contributed by atoms with Crippen LogP contribution in [0.1, 0.15) is 50.4 Å². The number of ether oxygens (including phenoxy) is 1. The summed E-state index contributed by atoms with van der Waals surface area (Å²) in [6.07, 6.45) is 2.35. The molecule has 0 saturated carbocycles. The second-order valence-corrected chi connectivity index (χ2v) is 6.33. The maximum atomic E-state index is 12.5. The normalized spacial score (nSPS) is 23.0. The highest BCUT2D eigenvalue weighted by Crippen LogP contribution is 2.23. The van der Waals surface area contributed by atoms with Crippen LogP contribution >= 0.6 is 0 Å². The summed E-state index contributed by atoms with van der Waals surface area (Å²) in [6, 6.07) is 7.29. The number of amides is 1. The minimum atomic E-state index is -0.649. The number of carbonyl (C=O) groups excluding carboxylic acids is 1. The van der Waals surface area contributed by atoms with E-state index in [4.69, 9.17) is 4.74 Å². The molecule has 1 aromatic carbocycles. The molecule has 0 bridgehead atoms. The first-order valence-corrected chi connectivity index (χ1v) is 7.66. The molecule has 1 amide bonds. The summed E-state index contributed by atoms with van der Waals surface area (Å²) >= 11 is 0. The molecule has 116 valence electrons. The Balaban J connectivity index is 2.02. The van der Waals surface area contributed by atoms with Crippen molar-refractivity contribution in [3.05, 3.63) is 29.8 Å². The molecule has 0 radical (unpaired) electrons. The second-order valence-electron chi connectivity index (χ2n) is 6.33. The standard InChI is InChI=1S/C17H25NO3/c1-13(2)21-15-7-5-14(6-8-15)16(19)18-11-4-9-17(3,20)10-12-18/h5-8,13,20H,4,9-12H2,1-3H3. The van der Waals surface area contributed by atoms with E-state index in [2.05, 4.69) is 0 Å². The Bertz CT molecular complexity index is 479. The minimum Gasteiger partial charge on any atom is -0.491 e. The van der Waals surface area contributed by atoms with Gasteiger partial charge in [-0.15, -0.1) is 0 Å². The Morgan fingerprint density at radius 3 is 2.52 bits per heavy atom. The first kappa shape index (κ1) is 15.8. The van der Waals surface area contributed by atoms with Gasteiger partial charge in [-0.25, -0.2) is 0 Å². The van der Waals surface area contributed by atoms with E-state index in [1.165, 1.54) is 0 Å². The molecule has 0 spiro atoms. The largest absolute Gasteiger partial charge is 0.491 e. The van der Waals surface area contributed by atoms with Crippen LogP contribution in [-0.2, 0) is 0 Å². The van der Waals surface area contributed by atoms with Gasteiger partial charge in [-0.2, -0.15) is 0 Å². The van der Waals surface area contributed by atoms with Crippen molar-refractivity contribution in [2.75, 3.05) is 13.1 Å². The number of nitrogens with zero attached hydrogens (tertiary/aromatic N) is 1. The Hall–Kier alpha value is -1.55. The lowest BCUT2D eigenvalue weighted by molar-refractivity contribution is 0.0438. The maximum Gasteiger partial charge on any atom is 0.253 e. The van der Waals surface area contributed by atoms with Gasteiger partial charge in [0.2, 0.25) is 0 Å². The molecule has 1 saturated heterocycles. The molecule has 1 aliphatic heterocycles. The zero-order chi connectivity index (χ0) is 15.5. The summed E-state index contributed by atoms with van der Waals surface area (Å²) in [4.78, 5) is 14.3. The first-order chi connectivity index (χ1) is 9.87.